The molecule has 0 radical (unpaired) electrons. The van der Waals surface area contributed by atoms with E-state index in [1.807, 2.05) is 84.9 Å². The molecule has 0 aliphatic carbocycles. The van der Waals surface area contributed by atoms with E-state index in [0.29, 0.717) is 5.57 Å². The Morgan fingerprint density at radius 2 is 1.58 bits per heavy atom. The Hall–Kier alpha value is -2.60. The number of amides is 1. The van der Waals surface area contributed by atoms with E-state index in [9.17, 15) is 4.79 Å². The van der Waals surface area contributed by atoms with Gasteiger partial charge in [0.15, 0.2) is 0 Å². The minimum absolute atomic E-state index is 0.145. The Morgan fingerprint density at radius 1 is 0.923 bits per heavy atom. The predicted molar refractivity (Wildman–Crippen MR) is 115 cm³/mol. The van der Waals surface area contributed by atoms with Gasteiger partial charge >= 0.3 is 0 Å². The molecule has 4 heteroatoms. The second kappa shape index (κ2) is 8.67. The molecule has 0 bridgehead atoms. The van der Waals surface area contributed by atoms with Crippen LogP contribution in [0.4, 0.5) is 5.69 Å². The third-order valence-corrected chi connectivity index (χ3v) is 4.58. The van der Waals surface area contributed by atoms with Gasteiger partial charge in [-0.05, 0) is 76.2 Å². The standard InChI is InChI=1S/C22H18INO2/c1-26-20-13-7-16(8-14-20)15-21(17-5-3-2-4-6-17)22(25)24-19-11-9-18(23)10-12-19/h2-15H,1H3,(H,24,25)/b21-15-. The molecule has 0 saturated carbocycles. The van der Waals surface area contributed by atoms with Crippen LogP contribution in [0.5, 0.6) is 5.75 Å². The topological polar surface area (TPSA) is 38.3 Å². The summed E-state index contributed by atoms with van der Waals surface area (Å²) in [6, 6.07) is 25.0. The van der Waals surface area contributed by atoms with Crippen molar-refractivity contribution in [1.82, 2.24) is 0 Å². The van der Waals surface area contributed by atoms with Crippen molar-refractivity contribution in [2.45, 2.75) is 0 Å². The minimum atomic E-state index is -0.145. The van der Waals surface area contributed by atoms with Gasteiger partial charge in [0.05, 0.1) is 7.11 Å². The molecule has 3 aromatic carbocycles. The summed E-state index contributed by atoms with van der Waals surface area (Å²) < 4.78 is 6.32. The first-order chi connectivity index (χ1) is 12.7. The fraction of sp³-hybridized carbons (Fsp3) is 0.0455. The quantitative estimate of drug-likeness (QED) is 0.315. The molecule has 1 N–H and O–H groups in total. The molecule has 0 fully saturated rings. The Balaban J connectivity index is 1.93. The third-order valence-electron chi connectivity index (χ3n) is 3.86. The molecule has 0 atom stereocenters. The van der Waals surface area contributed by atoms with E-state index in [1.165, 1.54) is 0 Å². The Kier molecular flexibility index (Phi) is 6.07. The van der Waals surface area contributed by atoms with Crippen molar-refractivity contribution < 1.29 is 9.53 Å². The van der Waals surface area contributed by atoms with Crippen molar-refractivity contribution in [1.29, 1.82) is 0 Å². The summed E-state index contributed by atoms with van der Waals surface area (Å²) >= 11 is 2.24. The third kappa shape index (κ3) is 4.73. The number of nitrogens with one attached hydrogen (secondary N) is 1. The number of ether oxygens (including phenoxy) is 1. The predicted octanol–water partition coefficient (Wildman–Crippen LogP) is 5.48. The molecule has 0 spiro atoms. The molecule has 0 unspecified atom stereocenters. The molecule has 1 amide bonds. The van der Waals surface area contributed by atoms with E-state index >= 15 is 0 Å². The monoisotopic (exact) mass is 455 g/mol. The van der Waals surface area contributed by atoms with Crippen LogP contribution in [0.25, 0.3) is 11.6 Å². The van der Waals surface area contributed by atoms with Crippen molar-refractivity contribution in [2.24, 2.45) is 0 Å². The second-order valence-corrected chi connectivity index (χ2v) is 6.90. The molecular formula is C22H18INO2. The van der Waals surface area contributed by atoms with Gasteiger partial charge in [0.25, 0.3) is 5.91 Å². The smallest absolute Gasteiger partial charge is 0.256 e. The summed E-state index contributed by atoms with van der Waals surface area (Å²) in [5, 5.41) is 2.98. The van der Waals surface area contributed by atoms with E-state index < -0.39 is 0 Å². The van der Waals surface area contributed by atoms with Gasteiger partial charge in [-0.2, -0.15) is 0 Å². The number of hydrogen-bond donors (Lipinski definition) is 1. The highest BCUT2D eigenvalue weighted by atomic mass is 127. The molecule has 26 heavy (non-hydrogen) atoms. The lowest BCUT2D eigenvalue weighted by Gasteiger charge is -2.10. The van der Waals surface area contributed by atoms with E-state index in [1.54, 1.807) is 7.11 Å². The molecule has 3 nitrogen and oxygen atoms in total. The van der Waals surface area contributed by atoms with Crippen molar-refractivity contribution in [3.63, 3.8) is 0 Å². The second-order valence-electron chi connectivity index (χ2n) is 5.66. The van der Waals surface area contributed by atoms with E-state index in [2.05, 4.69) is 27.9 Å². The van der Waals surface area contributed by atoms with Crippen LogP contribution in [-0.4, -0.2) is 13.0 Å². The molecule has 130 valence electrons. The molecule has 3 aromatic rings. The molecule has 0 aromatic heterocycles. The summed E-state index contributed by atoms with van der Waals surface area (Å²) in [6.45, 7) is 0. The fourth-order valence-electron chi connectivity index (χ4n) is 2.50. The fourth-order valence-corrected chi connectivity index (χ4v) is 2.86. The van der Waals surface area contributed by atoms with Crippen LogP contribution < -0.4 is 10.1 Å². The largest absolute Gasteiger partial charge is 0.497 e. The number of halogens is 1. The highest BCUT2D eigenvalue weighted by Gasteiger charge is 2.12. The zero-order valence-corrected chi connectivity index (χ0v) is 16.4. The average molecular weight is 455 g/mol. The minimum Gasteiger partial charge on any atom is -0.497 e. The molecule has 0 heterocycles. The van der Waals surface area contributed by atoms with Crippen LogP contribution in [0.2, 0.25) is 0 Å². The molecule has 0 aliphatic rings. The maximum absolute atomic E-state index is 12.9. The highest BCUT2D eigenvalue weighted by molar-refractivity contribution is 14.1. The maximum atomic E-state index is 12.9. The lowest BCUT2D eigenvalue weighted by atomic mass is 10.0. The van der Waals surface area contributed by atoms with E-state index in [4.69, 9.17) is 4.74 Å². The van der Waals surface area contributed by atoms with E-state index in [0.717, 1.165) is 26.1 Å². The van der Waals surface area contributed by atoms with Crippen LogP contribution in [0.1, 0.15) is 11.1 Å². The maximum Gasteiger partial charge on any atom is 0.256 e. The van der Waals surface area contributed by atoms with Gasteiger partial charge in [0.2, 0.25) is 0 Å². The molecular weight excluding hydrogens is 437 g/mol. The molecule has 0 saturated heterocycles. The zero-order chi connectivity index (χ0) is 18.4. The van der Waals surface area contributed by atoms with Crippen LogP contribution in [0, 0.1) is 3.57 Å². The van der Waals surface area contributed by atoms with Crippen LogP contribution >= 0.6 is 22.6 Å². The van der Waals surface area contributed by atoms with Crippen molar-refractivity contribution in [3.05, 3.63) is 93.6 Å². The Bertz CT molecular complexity index is 901. The van der Waals surface area contributed by atoms with Crippen LogP contribution in [0.15, 0.2) is 78.9 Å². The number of hydrogen-bond acceptors (Lipinski definition) is 2. The average Bonchev–Trinajstić information content (AvgIpc) is 2.69. The van der Waals surface area contributed by atoms with Gasteiger partial charge < -0.3 is 10.1 Å². The lowest BCUT2D eigenvalue weighted by Crippen LogP contribution is -2.13. The lowest BCUT2D eigenvalue weighted by molar-refractivity contribution is -0.111. The van der Waals surface area contributed by atoms with Gasteiger partial charge in [-0.3, -0.25) is 4.79 Å². The van der Waals surface area contributed by atoms with Crippen LogP contribution in [0.3, 0.4) is 0 Å². The first-order valence-electron chi connectivity index (χ1n) is 8.14. The van der Waals surface area contributed by atoms with E-state index in [-0.39, 0.29) is 5.91 Å². The number of carbonyl (C=O) groups excluding carboxylic acids is 1. The first-order valence-corrected chi connectivity index (χ1v) is 9.21. The summed E-state index contributed by atoms with van der Waals surface area (Å²) in [7, 11) is 1.63. The van der Waals surface area contributed by atoms with Gasteiger partial charge in [0, 0.05) is 14.8 Å². The number of benzene rings is 3. The number of methoxy groups -OCH3 is 1. The van der Waals surface area contributed by atoms with Crippen molar-refractivity contribution >= 4 is 45.8 Å². The Labute approximate surface area is 166 Å². The van der Waals surface area contributed by atoms with Crippen LogP contribution in [-0.2, 0) is 4.79 Å². The SMILES string of the molecule is COc1ccc(/C=C(\C(=O)Nc2ccc(I)cc2)c2ccccc2)cc1. The van der Waals surface area contributed by atoms with Gasteiger partial charge in [0.1, 0.15) is 5.75 Å². The summed E-state index contributed by atoms with van der Waals surface area (Å²) in [4.78, 5) is 12.9. The first kappa shape index (κ1) is 18.2. The summed E-state index contributed by atoms with van der Waals surface area (Å²) in [6.07, 6.45) is 1.89. The normalized spacial score (nSPS) is 11.1. The summed E-state index contributed by atoms with van der Waals surface area (Å²) in [5.41, 5.74) is 3.18. The highest BCUT2D eigenvalue weighted by Crippen LogP contribution is 2.22. The van der Waals surface area contributed by atoms with Crippen molar-refractivity contribution in [3.8, 4) is 5.75 Å². The number of carbonyl (C=O) groups is 1. The molecule has 3 rings (SSSR count). The number of anilines is 1. The molecule has 0 aliphatic heterocycles. The van der Waals surface area contributed by atoms with Gasteiger partial charge in [-0.1, -0.05) is 42.5 Å². The zero-order valence-electron chi connectivity index (χ0n) is 14.3. The number of rotatable bonds is 5. The van der Waals surface area contributed by atoms with Gasteiger partial charge in [-0.25, -0.2) is 0 Å². The summed E-state index contributed by atoms with van der Waals surface area (Å²) in [5.74, 6) is 0.639. The Morgan fingerprint density at radius 3 is 2.19 bits per heavy atom. The van der Waals surface area contributed by atoms with Gasteiger partial charge in [-0.15, -0.1) is 0 Å². The van der Waals surface area contributed by atoms with Crippen molar-refractivity contribution in [2.75, 3.05) is 12.4 Å².